The third-order valence-corrected chi connectivity index (χ3v) is 4.29. The average molecular weight is 453 g/mol. The van der Waals surface area contributed by atoms with E-state index in [1.165, 1.54) is 0 Å². The van der Waals surface area contributed by atoms with Crippen LogP contribution in [0.2, 0.25) is 0 Å². The number of halogens is 4. The van der Waals surface area contributed by atoms with Gasteiger partial charge in [-0.2, -0.15) is 0 Å². The Bertz CT molecular complexity index is 688. The molecule has 0 unspecified atom stereocenters. The van der Waals surface area contributed by atoms with E-state index in [-0.39, 0.29) is 5.91 Å². The number of carbonyl (C=O) groups is 1. The van der Waals surface area contributed by atoms with Crippen LogP contribution in [0.25, 0.3) is 0 Å². The number of ether oxygens (including phenoxy) is 1. The number of hydrogen-bond donors (Lipinski definition) is 2. The molecule has 2 rings (SSSR count). The number of benzene rings is 2. The fourth-order valence-corrected chi connectivity index (χ4v) is 2.46. The Labute approximate surface area is 163 Å². The first-order valence-electron chi connectivity index (χ1n) is 6.83. The van der Waals surface area contributed by atoms with Gasteiger partial charge in [0.05, 0.1) is 7.11 Å². The van der Waals surface area contributed by atoms with Crippen LogP contribution in [-0.2, 0) is 0 Å². The third kappa shape index (κ3) is 5.45. The fourth-order valence-electron chi connectivity index (χ4n) is 1.87. The predicted molar refractivity (Wildman–Crippen MR) is 102 cm³/mol. The van der Waals surface area contributed by atoms with Gasteiger partial charge in [0.15, 0.2) is 0 Å². The first kappa shape index (κ1) is 19.2. The Kier molecular flexibility index (Phi) is 6.63. The van der Waals surface area contributed by atoms with Crippen LogP contribution in [0, 0.1) is 0 Å². The maximum Gasteiger partial charge on any atom is 0.252 e. The zero-order chi connectivity index (χ0) is 17.7. The molecule has 1 atom stereocenters. The van der Waals surface area contributed by atoms with E-state index in [1.807, 2.05) is 0 Å². The quantitative estimate of drug-likeness (QED) is 0.496. The molecule has 0 aliphatic carbocycles. The van der Waals surface area contributed by atoms with Crippen LogP contribution in [0.15, 0.2) is 53.0 Å². The monoisotopic (exact) mass is 450 g/mol. The van der Waals surface area contributed by atoms with Gasteiger partial charge in [-0.25, -0.2) is 0 Å². The summed E-state index contributed by atoms with van der Waals surface area (Å²) in [6.07, 6.45) is -0.924. The number of rotatable bonds is 5. The van der Waals surface area contributed by atoms with Crippen molar-refractivity contribution in [1.82, 2.24) is 5.32 Å². The smallest absolute Gasteiger partial charge is 0.252 e. The van der Waals surface area contributed by atoms with E-state index in [2.05, 4.69) is 26.6 Å². The lowest BCUT2D eigenvalue weighted by Gasteiger charge is -2.27. The van der Waals surface area contributed by atoms with Gasteiger partial charge >= 0.3 is 0 Å². The summed E-state index contributed by atoms with van der Waals surface area (Å²) in [4.78, 5) is 12.3. The minimum atomic E-state index is -1.75. The van der Waals surface area contributed by atoms with Crippen molar-refractivity contribution in [3.8, 4) is 5.75 Å². The van der Waals surface area contributed by atoms with Crippen LogP contribution >= 0.6 is 50.7 Å². The van der Waals surface area contributed by atoms with Crippen molar-refractivity contribution in [3.05, 3.63) is 58.6 Å². The Morgan fingerprint density at radius 3 is 2.17 bits per heavy atom. The molecule has 0 aliphatic rings. The van der Waals surface area contributed by atoms with Crippen LogP contribution in [0.4, 0.5) is 5.69 Å². The van der Waals surface area contributed by atoms with Crippen molar-refractivity contribution >= 4 is 62.3 Å². The van der Waals surface area contributed by atoms with E-state index >= 15 is 0 Å². The molecule has 0 saturated carbocycles. The zero-order valence-corrected chi connectivity index (χ0v) is 16.4. The highest BCUT2D eigenvalue weighted by Gasteiger charge is 2.34. The molecular weight excluding hydrogens is 438 g/mol. The van der Waals surface area contributed by atoms with Gasteiger partial charge in [0.1, 0.15) is 11.9 Å². The number of methoxy groups -OCH3 is 1. The molecular formula is C16H14BrCl3N2O2. The molecule has 0 saturated heterocycles. The molecule has 0 fully saturated rings. The molecule has 2 N–H and O–H groups in total. The highest BCUT2D eigenvalue weighted by molar-refractivity contribution is 9.10. The molecule has 0 spiro atoms. The van der Waals surface area contributed by atoms with Crippen molar-refractivity contribution in [2.24, 2.45) is 0 Å². The van der Waals surface area contributed by atoms with Crippen molar-refractivity contribution in [2.45, 2.75) is 9.96 Å². The minimum Gasteiger partial charge on any atom is -0.497 e. The molecule has 2 aromatic rings. The lowest BCUT2D eigenvalue weighted by atomic mass is 10.2. The van der Waals surface area contributed by atoms with Gasteiger partial charge in [-0.05, 0) is 48.5 Å². The second-order valence-electron chi connectivity index (χ2n) is 4.83. The molecule has 8 heteroatoms. The first-order chi connectivity index (χ1) is 11.3. The summed E-state index contributed by atoms with van der Waals surface area (Å²) in [6.45, 7) is 0. The zero-order valence-electron chi connectivity index (χ0n) is 12.5. The maximum absolute atomic E-state index is 12.3. The molecule has 0 aromatic heterocycles. The van der Waals surface area contributed by atoms with Gasteiger partial charge in [0.2, 0.25) is 3.79 Å². The molecule has 2 aromatic carbocycles. The standard InChI is InChI=1S/C16H14BrCl3N2O2/c1-24-13-8-6-12(7-9-13)21-15(16(18,19)20)22-14(23)10-2-4-11(17)5-3-10/h2-9,15,21H,1H3,(H,22,23)/t15-/m1/s1. The van der Waals surface area contributed by atoms with E-state index in [4.69, 9.17) is 39.5 Å². The summed E-state index contributed by atoms with van der Waals surface area (Å²) < 4.78 is 4.22. The Balaban J connectivity index is 2.13. The largest absolute Gasteiger partial charge is 0.497 e. The fraction of sp³-hybridized carbons (Fsp3) is 0.188. The minimum absolute atomic E-state index is 0.361. The number of anilines is 1. The van der Waals surface area contributed by atoms with Crippen LogP contribution in [0.1, 0.15) is 10.4 Å². The molecule has 1 amide bonds. The molecule has 0 radical (unpaired) electrons. The van der Waals surface area contributed by atoms with Crippen LogP contribution in [0.3, 0.4) is 0 Å². The summed E-state index contributed by atoms with van der Waals surface area (Å²) in [5.41, 5.74) is 1.12. The summed E-state index contributed by atoms with van der Waals surface area (Å²) in [7, 11) is 1.57. The number of hydrogen-bond acceptors (Lipinski definition) is 3. The van der Waals surface area contributed by atoms with E-state index in [0.717, 1.165) is 4.47 Å². The van der Waals surface area contributed by atoms with Crippen LogP contribution in [0.5, 0.6) is 5.75 Å². The molecule has 128 valence electrons. The topological polar surface area (TPSA) is 50.4 Å². The van der Waals surface area contributed by atoms with Crippen molar-refractivity contribution in [1.29, 1.82) is 0 Å². The van der Waals surface area contributed by atoms with E-state index < -0.39 is 9.96 Å². The van der Waals surface area contributed by atoms with Crippen LogP contribution in [-0.4, -0.2) is 23.0 Å². The van der Waals surface area contributed by atoms with Crippen molar-refractivity contribution < 1.29 is 9.53 Å². The van der Waals surface area contributed by atoms with E-state index in [9.17, 15) is 4.79 Å². The second-order valence-corrected chi connectivity index (χ2v) is 8.11. The summed E-state index contributed by atoms with van der Waals surface area (Å²) in [5.74, 6) is 0.338. The Hall–Kier alpha value is -1.14. The number of amides is 1. The van der Waals surface area contributed by atoms with Gasteiger partial charge < -0.3 is 15.4 Å². The normalized spacial score (nSPS) is 12.4. The number of alkyl halides is 3. The van der Waals surface area contributed by atoms with Crippen molar-refractivity contribution in [2.75, 3.05) is 12.4 Å². The third-order valence-electron chi connectivity index (χ3n) is 3.11. The molecule has 0 aliphatic heterocycles. The van der Waals surface area contributed by atoms with Gasteiger partial charge in [-0.1, -0.05) is 50.7 Å². The second kappa shape index (κ2) is 8.30. The maximum atomic E-state index is 12.3. The van der Waals surface area contributed by atoms with Crippen molar-refractivity contribution in [3.63, 3.8) is 0 Å². The summed E-state index contributed by atoms with van der Waals surface area (Å²) in [6, 6.07) is 13.9. The van der Waals surface area contributed by atoms with E-state index in [0.29, 0.717) is 17.0 Å². The lowest BCUT2D eigenvalue weighted by Crippen LogP contribution is -2.49. The molecule has 0 heterocycles. The highest BCUT2D eigenvalue weighted by Crippen LogP contribution is 2.31. The highest BCUT2D eigenvalue weighted by atomic mass is 79.9. The molecule has 24 heavy (non-hydrogen) atoms. The number of nitrogens with one attached hydrogen (secondary N) is 2. The van der Waals surface area contributed by atoms with E-state index in [1.54, 1.807) is 55.6 Å². The molecule has 0 bridgehead atoms. The lowest BCUT2D eigenvalue weighted by molar-refractivity contribution is 0.0942. The van der Waals surface area contributed by atoms with Crippen LogP contribution < -0.4 is 15.4 Å². The number of carbonyl (C=O) groups excluding carboxylic acids is 1. The Morgan fingerprint density at radius 1 is 1.08 bits per heavy atom. The summed E-state index contributed by atoms with van der Waals surface area (Å²) >= 11 is 21.3. The predicted octanol–water partition coefficient (Wildman–Crippen LogP) is 5.00. The van der Waals surface area contributed by atoms with Gasteiger partial charge in [-0.15, -0.1) is 0 Å². The molecule has 4 nitrogen and oxygen atoms in total. The summed E-state index contributed by atoms with van der Waals surface area (Å²) in [5, 5.41) is 5.67. The van der Waals surface area contributed by atoms with Gasteiger partial charge in [0.25, 0.3) is 5.91 Å². The SMILES string of the molecule is COc1ccc(N[C@H](NC(=O)c2ccc(Br)cc2)C(Cl)(Cl)Cl)cc1. The van der Waals surface area contributed by atoms with Gasteiger partial charge in [-0.3, -0.25) is 4.79 Å². The Morgan fingerprint density at radius 2 is 1.67 bits per heavy atom. The average Bonchev–Trinajstić information content (AvgIpc) is 2.54. The van der Waals surface area contributed by atoms with Gasteiger partial charge in [0, 0.05) is 15.7 Å². The first-order valence-corrected chi connectivity index (χ1v) is 8.76.